The highest BCUT2D eigenvalue weighted by atomic mass is 16.8. The lowest BCUT2D eigenvalue weighted by Gasteiger charge is -2.35. The summed E-state index contributed by atoms with van der Waals surface area (Å²) in [7, 11) is 1.97. The SMILES string of the molecule is CCN(CC=O)C(=O)C1Cc2c(n(Cc3ccc(C(=O)NOC4CCCCO4)cc3)c3ccccc23)CN1C. The predicted molar refractivity (Wildman–Crippen MR) is 147 cm³/mol. The summed E-state index contributed by atoms with van der Waals surface area (Å²) in [6, 6.07) is 15.5. The molecule has 2 aliphatic heterocycles. The van der Waals surface area contributed by atoms with E-state index in [9.17, 15) is 14.4 Å². The monoisotopic (exact) mass is 532 g/mol. The van der Waals surface area contributed by atoms with Crippen molar-refractivity contribution >= 4 is 29.0 Å². The van der Waals surface area contributed by atoms with E-state index in [1.54, 1.807) is 17.0 Å². The first-order valence-corrected chi connectivity index (χ1v) is 13.7. The molecule has 1 fully saturated rings. The van der Waals surface area contributed by atoms with Crippen LogP contribution in [0.2, 0.25) is 0 Å². The highest BCUT2D eigenvalue weighted by molar-refractivity contribution is 5.93. The van der Waals surface area contributed by atoms with E-state index in [0.717, 1.165) is 42.0 Å². The molecule has 2 atom stereocenters. The first-order valence-electron chi connectivity index (χ1n) is 13.7. The van der Waals surface area contributed by atoms with Gasteiger partial charge in [-0.1, -0.05) is 30.3 Å². The molecule has 0 radical (unpaired) electrons. The first kappa shape index (κ1) is 27.1. The molecule has 0 bridgehead atoms. The predicted octanol–water partition coefficient (Wildman–Crippen LogP) is 3.28. The molecule has 9 nitrogen and oxygen atoms in total. The minimum atomic E-state index is -0.391. The lowest BCUT2D eigenvalue weighted by atomic mass is 9.96. The van der Waals surface area contributed by atoms with Crippen LogP contribution in [-0.2, 0) is 38.7 Å². The highest BCUT2D eigenvalue weighted by Gasteiger charge is 2.34. The third-order valence-corrected chi connectivity index (χ3v) is 7.77. The van der Waals surface area contributed by atoms with Crippen LogP contribution >= 0.6 is 0 Å². The number of benzene rings is 2. The quantitative estimate of drug-likeness (QED) is 0.336. The van der Waals surface area contributed by atoms with E-state index in [-0.39, 0.29) is 24.4 Å². The van der Waals surface area contributed by atoms with Crippen LogP contribution in [0, 0.1) is 0 Å². The van der Waals surface area contributed by atoms with Crippen LogP contribution in [0.3, 0.4) is 0 Å². The summed E-state index contributed by atoms with van der Waals surface area (Å²) in [5.41, 5.74) is 7.58. The molecule has 2 aliphatic rings. The maximum atomic E-state index is 13.3. The Labute approximate surface area is 228 Å². The molecule has 2 aromatic carbocycles. The van der Waals surface area contributed by atoms with Gasteiger partial charge in [0, 0.05) is 54.8 Å². The van der Waals surface area contributed by atoms with E-state index in [0.29, 0.717) is 38.2 Å². The van der Waals surface area contributed by atoms with E-state index in [4.69, 9.17) is 9.57 Å². The molecule has 206 valence electrons. The number of carbonyl (C=O) groups is 3. The lowest BCUT2D eigenvalue weighted by Crippen LogP contribution is -2.50. The number of fused-ring (bicyclic) bond motifs is 3. The second-order valence-electron chi connectivity index (χ2n) is 10.2. The number of aldehydes is 1. The largest absolute Gasteiger partial charge is 0.350 e. The molecule has 3 aromatic rings. The van der Waals surface area contributed by atoms with Crippen LogP contribution in [0.15, 0.2) is 48.5 Å². The number of aromatic nitrogens is 1. The molecular weight excluding hydrogens is 496 g/mol. The minimum absolute atomic E-state index is 0.0116. The fraction of sp³-hybridized carbons (Fsp3) is 0.433. The van der Waals surface area contributed by atoms with Gasteiger partial charge in [-0.15, -0.1) is 0 Å². The van der Waals surface area contributed by atoms with E-state index in [1.165, 1.54) is 11.3 Å². The molecule has 3 heterocycles. The third kappa shape index (κ3) is 5.75. The summed E-state index contributed by atoms with van der Waals surface area (Å²) < 4.78 is 7.81. The molecule has 2 unspecified atom stereocenters. The Morgan fingerprint density at radius 3 is 2.67 bits per heavy atom. The number of hydrogen-bond acceptors (Lipinski definition) is 6. The van der Waals surface area contributed by atoms with Gasteiger partial charge in [0.2, 0.25) is 5.91 Å². The van der Waals surface area contributed by atoms with Gasteiger partial charge in [0.05, 0.1) is 12.6 Å². The lowest BCUT2D eigenvalue weighted by molar-refractivity contribution is -0.186. The summed E-state index contributed by atoms with van der Waals surface area (Å²) in [5.74, 6) is -0.310. The van der Waals surface area contributed by atoms with Crippen LogP contribution in [0.25, 0.3) is 10.9 Å². The summed E-state index contributed by atoms with van der Waals surface area (Å²) in [6.07, 6.45) is 3.80. The maximum Gasteiger partial charge on any atom is 0.274 e. The van der Waals surface area contributed by atoms with Gasteiger partial charge in [-0.25, -0.2) is 10.3 Å². The van der Waals surface area contributed by atoms with Gasteiger partial charge in [-0.05, 0) is 62.6 Å². The van der Waals surface area contributed by atoms with Crippen molar-refractivity contribution in [3.63, 3.8) is 0 Å². The van der Waals surface area contributed by atoms with Gasteiger partial charge in [0.25, 0.3) is 5.91 Å². The van der Waals surface area contributed by atoms with Crippen molar-refractivity contribution in [3.8, 4) is 0 Å². The number of nitrogens with zero attached hydrogens (tertiary/aromatic N) is 3. The Hall–Kier alpha value is -3.53. The molecule has 0 saturated carbocycles. The smallest absolute Gasteiger partial charge is 0.274 e. The van der Waals surface area contributed by atoms with Gasteiger partial charge in [-0.3, -0.25) is 14.5 Å². The van der Waals surface area contributed by atoms with Gasteiger partial charge in [0.15, 0.2) is 6.29 Å². The Morgan fingerprint density at radius 2 is 1.95 bits per heavy atom. The Bertz CT molecular complexity index is 1330. The molecule has 0 aliphatic carbocycles. The number of hydroxylamine groups is 1. The summed E-state index contributed by atoms with van der Waals surface area (Å²) >= 11 is 0. The molecule has 2 amide bonds. The first-order chi connectivity index (χ1) is 19.0. The van der Waals surface area contributed by atoms with Gasteiger partial charge < -0.3 is 19.0 Å². The second-order valence-corrected chi connectivity index (χ2v) is 10.2. The molecule has 5 rings (SSSR count). The van der Waals surface area contributed by atoms with Crippen LogP contribution in [0.5, 0.6) is 0 Å². The van der Waals surface area contributed by atoms with Crippen molar-refractivity contribution in [3.05, 3.63) is 70.9 Å². The van der Waals surface area contributed by atoms with Crippen molar-refractivity contribution in [1.29, 1.82) is 0 Å². The molecule has 1 N–H and O–H groups in total. The standard InChI is InChI=1S/C30H36N4O5/c1-3-33(15-16-35)30(37)26-18-24-23-8-4-5-9-25(23)34(27(24)20-32(26)2)19-21-11-13-22(14-12-21)29(36)31-39-28-10-6-7-17-38-28/h4-5,8-9,11-14,16,26,28H,3,6-7,10,15,17-20H2,1-2H3,(H,31,36). The van der Waals surface area contributed by atoms with Crippen LogP contribution in [0.4, 0.5) is 0 Å². The number of amides is 2. The fourth-order valence-corrected chi connectivity index (χ4v) is 5.59. The van der Waals surface area contributed by atoms with Crippen molar-refractivity contribution in [1.82, 2.24) is 19.8 Å². The summed E-state index contributed by atoms with van der Waals surface area (Å²) in [4.78, 5) is 46.0. The van der Waals surface area contributed by atoms with Crippen molar-refractivity contribution in [2.24, 2.45) is 0 Å². The number of para-hydroxylation sites is 1. The van der Waals surface area contributed by atoms with Gasteiger partial charge in [-0.2, -0.15) is 0 Å². The number of likely N-dealkylation sites (N-methyl/N-ethyl adjacent to an activating group) is 2. The number of nitrogens with one attached hydrogen (secondary N) is 1. The van der Waals surface area contributed by atoms with Crippen molar-refractivity contribution in [2.45, 2.75) is 58.0 Å². The molecule has 39 heavy (non-hydrogen) atoms. The van der Waals surface area contributed by atoms with E-state index in [1.807, 2.05) is 38.2 Å². The zero-order chi connectivity index (χ0) is 27.4. The Kier molecular flexibility index (Phi) is 8.40. The number of rotatable bonds is 9. The summed E-state index contributed by atoms with van der Waals surface area (Å²) in [6.45, 7) is 4.43. The van der Waals surface area contributed by atoms with Gasteiger partial charge in [0.1, 0.15) is 6.29 Å². The average molecular weight is 533 g/mol. The molecule has 1 aromatic heterocycles. The summed E-state index contributed by atoms with van der Waals surface area (Å²) in [5, 5.41) is 1.15. The Morgan fingerprint density at radius 1 is 1.15 bits per heavy atom. The third-order valence-electron chi connectivity index (χ3n) is 7.77. The normalized spacial score (nSPS) is 19.4. The van der Waals surface area contributed by atoms with Gasteiger partial charge >= 0.3 is 0 Å². The molecular formula is C30H36N4O5. The Balaban J connectivity index is 1.34. The van der Waals surface area contributed by atoms with Crippen molar-refractivity contribution < 1.29 is 24.0 Å². The van der Waals surface area contributed by atoms with E-state index in [2.05, 4.69) is 27.1 Å². The van der Waals surface area contributed by atoms with Crippen LogP contribution < -0.4 is 5.48 Å². The molecule has 1 saturated heterocycles. The second kappa shape index (κ2) is 12.1. The van der Waals surface area contributed by atoms with E-state index < -0.39 is 6.29 Å². The molecule has 9 heteroatoms. The van der Waals surface area contributed by atoms with Crippen LogP contribution in [-0.4, -0.2) is 71.5 Å². The maximum absolute atomic E-state index is 13.3. The van der Waals surface area contributed by atoms with Crippen LogP contribution in [0.1, 0.15) is 53.4 Å². The molecule has 0 spiro atoms. The fourth-order valence-electron chi connectivity index (χ4n) is 5.59. The zero-order valence-electron chi connectivity index (χ0n) is 22.6. The highest BCUT2D eigenvalue weighted by Crippen LogP contribution is 2.33. The number of carbonyl (C=O) groups excluding carboxylic acids is 3. The number of ether oxygens (including phenoxy) is 1. The number of hydrogen-bond donors (Lipinski definition) is 1. The minimum Gasteiger partial charge on any atom is -0.350 e. The van der Waals surface area contributed by atoms with E-state index >= 15 is 0 Å². The average Bonchev–Trinajstić information content (AvgIpc) is 3.26. The zero-order valence-corrected chi connectivity index (χ0v) is 22.6. The van der Waals surface area contributed by atoms with Crippen molar-refractivity contribution in [2.75, 3.05) is 26.7 Å². The topological polar surface area (TPSA) is 93.1 Å².